The molecule has 0 amide bonds. The van der Waals surface area contributed by atoms with E-state index in [0.29, 0.717) is 16.3 Å². The second kappa shape index (κ2) is 5.49. The summed E-state index contributed by atoms with van der Waals surface area (Å²) < 4.78 is 13.6. The predicted octanol–water partition coefficient (Wildman–Crippen LogP) is 3.70. The van der Waals surface area contributed by atoms with Gasteiger partial charge in [0, 0.05) is 34.8 Å². The molecule has 0 atom stereocenters. The van der Waals surface area contributed by atoms with Crippen LogP contribution in [-0.2, 0) is 5.75 Å². The van der Waals surface area contributed by atoms with Crippen LogP contribution in [0, 0.1) is 11.2 Å². The van der Waals surface area contributed by atoms with Crippen LogP contribution in [0.15, 0.2) is 23.2 Å². The highest BCUT2D eigenvalue weighted by Gasteiger charge is 2.22. The van der Waals surface area contributed by atoms with Gasteiger partial charge in [0.1, 0.15) is 5.82 Å². The van der Waals surface area contributed by atoms with Crippen molar-refractivity contribution in [3.8, 4) is 0 Å². The van der Waals surface area contributed by atoms with Crippen molar-refractivity contribution < 1.29 is 4.39 Å². The molecular weight excluding hydrogens is 271 g/mol. The normalized spacial score (nSPS) is 18.1. The minimum Gasteiger partial charge on any atom is -0.364 e. The number of aliphatic imine (C=N–C) groups is 1. The molecule has 1 N–H and O–H groups in total. The van der Waals surface area contributed by atoms with Crippen LogP contribution >= 0.6 is 23.4 Å². The Morgan fingerprint density at radius 3 is 2.89 bits per heavy atom. The number of rotatable bonds is 2. The third kappa shape index (κ3) is 3.39. The zero-order valence-electron chi connectivity index (χ0n) is 10.5. The van der Waals surface area contributed by atoms with Gasteiger partial charge in [-0.2, -0.15) is 0 Å². The van der Waals surface area contributed by atoms with Gasteiger partial charge in [-0.05, 0) is 12.1 Å². The smallest absolute Gasteiger partial charge is 0.156 e. The highest BCUT2D eigenvalue weighted by Crippen LogP contribution is 2.26. The Morgan fingerprint density at radius 2 is 2.28 bits per heavy atom. The minimum absolute atomic E-state index is 0.194. The lowest BCUT2D eigenvalue weighted by Gasteiger charge is -2.28. The first kappa shape index (κ1) is 13.7. The van der Waals surface area contributed by atoms with Gasteiger partial charge in [-0.1, -0.05) is 43.3 Å². The molecule has 2 rings (SSSR count). The van der Waals surface area contributed by atoms with Gasteiger partial charge in [0.2, 0.25) is 0 Å². The van der Waals surface area contributed by atoms with Crippen LogP contribution in [0.5, 0.6) is 0 Å². The average Bonchev–Trinajstić information content (AvgIpc) is 2.30. The first-order valence-electron chi connectivity index (χ1n) is 5.82. The fraction of sp³-hybridized carbons (Fsp3) is 0.462. The number of benzene rings is 1. The maximum absolute atomic E-state index is 13.6. The average molecular weight is 287 g/mol. The van der Waals surface area contributed by atoms with Gasteiger partial charge >= 0.3 is 0 Å². The Hall–Kier alpha value is -0.740. The largest absolute Gasteiger partial charge is 0.364 e. The molecule has 18 heavy (non-hydrogen) atoms. The standard InChI is InChI=1S/C13H16ClFN2S/c1-13(2)7-16-12(17-8-13)18-6-9-10(14)4-3-5-11(9)15/h3-5H,6-8H2,1-2H3,(H,16,17). The van der Waals surface area contributed by atoms with Crippen LogP contribution in [0.3, 0.4) is 0 Å². The van der Waals surface area contributed by atoms with Crippen LogP contribution in [-0.4, -0.2) is 18.3 Å². The quantitative estimate of drug-likeness (QED) is 0.896. The number of nitrogens with zero attached hydrogens (tertiary/aromatic N) is 1. The van der Waals surface area contributed by atoms with Gasteiger partial charge in [0.05, 0.1) is 0 Å². The Bertz CT molecular complexity index is 454. The van der Waals surface area contributed by atoms with E-state index in [0.717, 1.165) is 18.3 Å². The Balaban J connectivity index is 1.99. The molecule has 0 aliphatic carbocycles. The number of nitrogens with one attached hydrogen (secondary N) is 1. The minimum atomic E-state index is -0.258. The van der Waals surface area contributed by atoms with Crippen LogP contribution in [0.25, 0.3) is 0 Å². The molecule has 1 aromatic carbocycles. The zero-order valence-corrected chi connectivity index (χ0v) is 12.0. The van der Waals surface area contributed by atoms with Crippen molar-refractivity contribution in [2.75, 3.05) is 13.1 Å². The molecule has 0 spiro atoms. The third-order valence-corrected chi connectivity index (χ3v) is 4.12. The van der Waals surface area contributed by atoms with E-state index in [9.17, 15) is 4.39 Å². The van der Waals surface area contributed by atoms with Gasteiger partial charge in [0.25, 0.3) is 0 Å². The number of halogens is 2. The van der Waals surface area contributed by atoms with Crippen molar-refractivity contribution in [3.63, 3.8) is 0 Å². The van der Waals surface area contributed by atoms with Crippen molar-refractivity contribution in [3.05, 3.63) is 34.6 Å². The van der Waals surface area contributed by atoms with Crippen LogP contribution < -0.4 is 5.32 Å². The number of hydrogen-bond donors (Lipinski definition) is 1. The van der Waals surface area contributed by atoms with Crippen molar-refractivity contribution in [1.29, 1.82) is 0 Å². The maximum atomic E-state index is 13.6. The van der Waals surface area contributed by atoms with Crippen LogP contribution in [0.1, 0.15) is 19.4 Å². The van der Waals surface area contributed by atoms with Crippen molar-refractivity contribution in [2.45, 2.75) is 19.6 Å². The second-order valence-corrected chi connectivity index (χ2v) is 6.50. The summed E-state index contributed by atoms with van der Waals surface area (Å²) in [4.78, 5) is 4.46. The molecule has 5 heteroatoms. The molecule has 1 heterocycles. The first-order chi connectivity index (χ1) is 8.48. The topological polar surface area (TPSA) is 24.4 Å². The van der Waals surface area contributed by atoms with Crippen molar-refractivity contribution >= 4 is 28.5 Å². The van der Waals surface area contributed by atoms with E-state index in [1.165, 1.54) is 17.8 Å². The highest BCUT2D eigenvalue weighted by molar-refractivity contribution is 8.13. The lowest BCUT2D eigenvalue weighted by atomic mass is 9.93. The van der Waals surface area contributed by atoms with E-state index in [-0.39, 0.29) is 11.2 Å². The lowest BCUT2D eigenvalue weighted by Crippen LogP contribution is -2.39. The Morgan fingerprint density at radius 1 is 1.50 bits per heavy atom. The molecule has 1 aliphatic rings. The fourth-order valence-corrected chi connectivity index (χ4v) is 2.83. The van der Waals surface area contributed by atoms with E-state index < -0.39 is 0 Å². The third-order valence-electron chi connectivity index (χ3n) is 2.78. The molecule has 0 fully saturated rings. The molecule has 0 radical (unpaired) electrons. The van der Waals surface area contributed by atoms with E-state index in [1.54, 1.807) is 12.1 Å². The fourth-order valence-electron chi connectivity index (χ4n) is 1.62. The molecule has 0 bridgehead atoms. The molecule has 98 valence electrons. The van der Waals surface area contributed by atoms with Crippen LogP contribution in [0.2, 0.25) is 5.02 Å². The predicted molar refractivity (Wildman–Crippen MR) is 76.8 cm³/mol. The number of thioether (sulfide) groups is 1. The molecule has 1 aliphatic heterocycles. The zero-order chi connectivity index (χ0) is 13.2. The molecule has 0 saturated carbocycles. The summed E-state index contributed by atoms with van der Waals surface area (Å²) >= 11 is 7.47. The molecule has 0 saturated heterocycles. The molecular formula is C13H16ClFN2S. The monoisotopic (exact) mass is 286 g/mol. The summed E-state index contributed by atoms with van der Waals surface area (Å²) in [6.45, 7) is 6.02. The van der Waals surface area contributed by atoms with E-state index in [2.05, 4.69) is 24.2 Å². The molecule has 0 aromatic heterocycles. The van der Waals surface area contributed by atoms with E-state index in [1.807, 2.05) is 0 Å². The van der Waals surface area contributed by atoms with Gasteiger partial charge in [-0.25, -0.2) is 4.39 Å². The van der Waals surface area contributed by atoms with Crippen LogP contribution in [0.4, 0.5) is 4.39 Å². The number of amidine groups is 1. The Labute approximate surface area is 116 Å². The Kier molecular flexibility index (Phi) is 4.17. The second-order valence-electron chi connectivity index (χ2n) is 5.13. The summed E-state index contributed by atoms with van der Waals surface area (Å²) in [7, 11) is 0. The van der Waals surface area contributed by atoms with Gasteiger partial charge in [-0.3, -0.25) is 4.99 Å². The highest BCUT2D eigenvalue weighted by atomic mass is 35.5. The molecule has 2 nitrogen and oxygen atoms in total. The SMILES string of the molecule is CC1(C)CN=C(SCc2c(F)cccc2Cl)NC1. The number of hydrogen-bond acceptors (Lipinski definition) is 3. The van der Waals surface area contributed by atoms with E-state index >= 15 is 0 Å². The van der Waals surface area contributed by atoms with Gasteiger partial charge < -0.3 is 5.32 Å². The summed E-state index contributed by atoms with van der Waals surface area (Å²) in [5.74, 6) is 0.240. The summed E-state index contributed by atoms with van der Waals surface area (Å²) in [5, 5.41) is 4.61. The van der Waals surface area contributed by atoms with Gasteiger partial charge in [0.15, 0.2) is 5.17 Å². The first-order valence-corrected chi connectivity index (χ1v) is 7.18. The molecule has 0 unspecified atom stereocenters. The maximum Gasteiger partial charge on any atom is 0.156 e. The van der Waals surface area contributed by atoms with Crippen molar-refractivity contribution in [1.82, 2.24) is 5.32 Å². The summed E-state index contributed by atoms with van der Waals surface area (Å²) in [5.41, 5.74) is 0.734. The lowest BCUT2D eigenvalue weighted by molar-refractivity contribution is 0.364. The van der Waals surface area contributed by atoms with Gasteiger partial charge in [-0.15, -0.1) is 0 Å². The summed E-state index contributed by atoms with van der Waals surface area (Å²) in [6.07, 6.45) is 0. The molecule has 1 aromatic rings. The van der Waals surface area contributed by atoms with Crippen molar-refractivity contribution in [2.24, 2.45) is 10.4 Å². The van der Waals surface area contributed by atoms with E-state index in [4.69, 9.17) is 11.6 Å². The summed E-state index contributed by atoms with van der Waals surface area (Å²) in [6, 6.07) is 4.76.